The number of anilines is 2. The molecule has 2 aromatic rings. The summed E-state index contributed by atoms with van der Waals surface area (Å²) in [5.74, 6) is 1.33. The summed E-state index contributed by atoms with van der Waals surface area (Å²) in [7, 11) is 3.18. The molecule has 0 atom stereocenters. The molecule has 172 valence electrons. The minimum absolute atomic E-state index is 0. The molecule has 2 aromatic carbocycles. The summed E-state index contributed by atoms with van der Waals surface area (Å²) in [5.41, 5.74) is 1.47. The quantitative estimate of drug-likeness (QED) is 0.447. The van der Waals surface area contributed by atoms with Gasteiger partial charge in [0, 0.05) is 37.4 Å². The molecule has 0 radical (unpaired) electrons. The van der Waals surface area contributed by atoms with Crippen molar-refractivity contribution >= 4 is 23.2 Å². The highest BCUT2D eigenvalue weighted by atomic mass is 16.5. The number of aliphatic hydroxyl groups excluding tert-OH is 2. The van der Waals surface area contributed by atoms with Crippen LogP contribution in [0.3, 0.4) is 0 Å². The van der Waals surface area contributed by atoms with E-state index in [9.17, 15) is 9.59 Å². The van der Waals surface area contributed by atoms with Crippen LogP contribution in [0.5, 0.6) is 11.5 Å². The normalized spacial score (nSPS) is 9.42. The lowest BCUT2D eigenvalue weighted by atomic mass is 10.2. The number of hydrogen-bond donors (Lipinski definition) is 4. The number of aliphatic hydroxyl groups is 2. The molecule has 6 N–H and O–H groups in total. The van der Waals surface area contributed by atoms with Crippen LogP contribution in [0.25, 0.3) is 0 Å². The van der Waals surface area contributed by atoms with E-state index in [-0.39, 0.29) is 30.5 Å². The van der Waals surface area contributed by atoms with E-state index >= 15 is 0 Å². The highest BCUT2D eigenvalue weighted by Gasteiger charge is 2.02. The molecular formula is C22H32N2O7. The van der Waals surface area contributed by atoms with Crippen molar-refractivity contribution in [2.24, 2.45) is 0 Å². The Balaban J connectivity index is 0.000000562. The Morgan fingerprint density at radius 1 is 0.710 bits per heavy atom. The summed E-state index contributed by atoms with van der Waals surface area (Å²) >= 11 is 0. The van der Waals surface area contributed by atoms with Crippen LogP contribution in [0, 0.1) is 0 Å². The molecule has 9 heteroatoms. The van der Waals surface area contributed by atoms with Crippen LogP contribution in [0.4, 0.5) is 11.4 Å². The van der Waals surface area contributed by atoms with Gasteiger partial charge in [0.1, 0.15) is 11.5 Å². The number of methoxy groups -OCH3 is 2. The van der Waals surface area contributed by atoms with Crippen molar-refractivity contribution in [3.8, 4) is 11.5 Å². The lowest BCUT2D eigenvalue weighted by molar-refractivity contribution is -0.117. The SMILES string of the molecule is COc1ccc(NC(=O)CCCO)cc1.COc1ccc(NC(=O)CCCO)cc1.O. The molecule has 0 heterocycles. The van der Waals surface area contributed by atoms with Crippen LogP contribution < -0.4 is 20.1 Å². The maximum absolute atomic E-state index is 11.3. The third-order valence-electron chi connectivity index (χ3n) is 3.87. The lowest BCUT2D eigenvalue weighted by Crippen LogP contribution is -2.11. The molecule has 0 fully saturated rings. The van der Waals surface area contributed by atoms with Gasteiger partial charge in [-0.1, -0.05) is 0 Å². The first-order valence-corrected chi connectivity index (χ1v) is 9.62. The summed E-state index contributed by atoms with van der Waals surface area (Å²) in [5, 5.41) is 22.6. The summed E-state index contributed by atoms with van der Waals surface area (Å²) in [6.07, 6.45) is 1.65. The molecule has 0 spiro atoms. The molecule has 2 rings (SSSR count). The Morgan fingerprint density at radius 3 is 1.29 bits per heavy atom. The first kappa shape index (κ1) is 27.9. The highest BCUT2D eigenvalue weighted by Crippen LogP contribution is 2.16. The molecule has 0 aliphatic carbocycles. The number of amides is 2. The largest absolute Gasteiger partial charge is 0.497 e. The van der Waals surface area contributed by atoms with Crippen molar-refractivity contribution in [2.45, 2.75) is 25.7 Å². The second kappa shape index (κ2) is 16.6. The van der Waals surface area contributed by atoms with Crippen molar-refractivity contribution in [1.82, 2.24) is 0 Å². The van der Waals surface area contributed by atoms with Crippen molar-refractivity contribution < 1.29 is 34.8 Å². The third-order valence-corrected chi connectivity index (χ3v) is 3.87. The van der Waals surface area contributed by atoms with Gasteiger partial charge in [-0.25, -0.2) is 0 Å². The minimum atomic E-state index is -0.0887. The van der Waals surface area contributed by atoms with Gasteiger partial charge in [-0.3, -0.25) is 9.59 Å². The van der Waals surface area contributed by atoms with Crippen molar-refractivity contribution in [2.75, 3.05) is 38.1 Å². The van der Waals surface area contributed by atoms with Gasteiger partial charge in [-0.05, 0) is 61.4 Å². The van der Waals surface area contributed by atoms with E-state index in [1.54, 1.807) is 62.8 Å². The minimum Gasteiger partial charge on any atom is -0.497 e. The van der Waals surface area contributed by atoms with Crippen molar-refractivity contribution in [3.63, 3.8) is 0 Å². The van der Waals surface area contributed by atoms with Crippen molar-refractivity contribution in [3.05, 3.63) is 48.5 Å². The topological polar surface area (TPSA) is 149 Å². The average molecular weight is 437 g/mol. The standard InChI is InChI=1S/2C11H15NO3.H2O/c2*1-15-10-6-4-9(5-7-10)12-11(14)3-2-8-13;/h2*4-7,13H,2-3,8H2,1H3,(H,12,14);1H2. The van der Waals surface area contributed by atoms with Gasteiger partial charge in [0.25, 0.3) is 0 Å². The summed E-state index contributed by atoms with van der Waals surface area (Å²) in [4.78, 5) is 22.5. The number of benzene rings is 2. The Bertz CT molecular complexity index is 684. The van der Waals surface area contributed by atoms with Gasteiger partial charge in [0.15, 0.2) is 0 Å². The maximum Gasteiger partial charge on any atom is 0.224 e. The summed E-state index contributed by atoms with van der Waals surface area (Å²) in [6.45, 7) is 0.0755. The summed E-state index contributed by atoms with van der Waals surface area (Å²) in [6, 6.07) is 14.2. The van der Waals surface area contributed by atoms with Crippen LogP contribution >= 0.6 is 0 Å². The van der Waals surface area contributed by atoms with Crippen LogP contribution in [0.1, 0.15) is 25.7 Å². The van der Waals surface area contributed by atoms with E-state index < -0.39 is 0 Å². The van der Waals surface area contributed by atoms with Gasteiger partial charge >= 0.3 is 0 Å². The van der Waals surface area contributed by atoms with Gasteiger partial charge in [-0.2, -0.15) is 0 Å². The molecule has 0 aliphatic rings. The van der Waals surface area contributed by atoms with Crippen LogP contribution in [-0.4, -0.2) is 54.9 Å². The van der Waals surface area contributed by atoms with E-state index in [2.05, 4.69) is 10.6 Å². The van der Waals surface area contributed by atoms with E-state index in [0.717, 1.165) is 22.9 Å². The predicted octanol–water partition coefficient (Wildman–Crippen LogP) is 1.99. The number of hydrogen-bond acceptors (Lipinski definition) is 6. The molecule has 0 aromatic heterocycles. The Labute approximate surface area is 182 Å². The zero-order chi connectivity index (χ0) is 22.2. The van der Waals surface area contributed by atoms with E-state index in [1.807, 2.05) is 0 Å². The summed E-state index contributed by atoms with van der Waals surface area (Å²) < 4.78 is 9.99. The zero-order valence-corrected chi connectivity index (χ0v) is 17.9. The van der Waals surface area contributed by atoms with Crippen LogP contribution in [0.15, 0.2) is 48.5 Å². The number of carbonyl (C=O) groups excluding carboxylic acids is 2. The smallest absolute Gasteiger partial charge is 0.224 e. The predicted molar refractivity (Wildman–Crippen MR) is 120 cm³/mol. The molecule has 0 saturated heterocycles. The Kier molecular flexibility index (Phi) is 15.0. The van der Waals surface area contributed by atoms with E-state index in [1.165, 1.54) is 0 Å². The third kappa shape index (κ3) is 12.2. The molecule has 0 saturated carbocycles. The lowest BCUT2D eigenvalue weighted by Gasteiger charge is -2.05. The molecule has 0 aliphatic heterocycles. The number of ether oxygens (including phenoxy) is 2. The van der Waals surface area contributed by atoms with Crippen LogP contribution in [0.2, 0.25) is 0 Å². The van der Waals surface area contributed by atoms with Crippen molar-refractivity contribution in [1.29, 1.82) is 0 Å². The average Bonchev–Trinajstić information content (AvgIpc) is 2.77. The number of rotatable bonds is 10. The van der Waals surface area contributed by atoms with Gasteiger partial charge in [0.2, 0.25) is 11.8 Å². The van der Waals surface area contributed by atoms with Gasteiger partial charge < -0.3 is 35.8 Å². The van der Waals surface area contributed by atoms with Gasteiger partial charge in [-0.15, -0.1) is 0 Å². The molecule has 31 heavy (non-hydrogen) atoms. The second-order valence-electron chi connectivity index (χ2n) is 6.21. The first-order valence-electron chi connectivity index (χ1n) is 9.62. The fourth-order valence-corrected chi connectivity index (χ4v) is 2.27. The second-order valence-corrected chi connectivity index (χ2v) is 6.21. The van der Waals surface area contributed by atoms with E-state index in [0.29, 0.717) is 25.7 Å². The first-order chi connectivity index (χ1) is 14.5. The number of nitrogens with one attached hydrogen (secondary N) is 2. The molecular weight excluding hydrogens is 404 g/mol. The Hall–Kier alpha value is -3.14. The molecule has 0 bridgehead atoms. The Morgan fingerprint density at radius 2 is 1.03 bits per heavy atom. The fraction of sp³-hybridized carbons (Fsp3) is 0.364. The zero-order valence-electron chi connectivity index (χ0n) is 17.9. The maximum atomic E-state index is 11.3. The van der Waals surface area contributed by atoms with Gasteiger partial charge in [0.05, 0.1) is 14.2 Å². The number of carbonyl (C=O) groups is 2. The highest BCUT2D eigenvalue weighted by molar-refractivity contribution is 5.91. The fourth-order valence-electron chi connectivity index (χ4n) is 2.27. The monoisotopic (exact) mass is 436 g/mol. The van der Waals surface area contributed by atoms with Crippen LogP contribution in [-0.2, 0) is 9.59 Å². The van der Waals surface area contributed by atoms with E-state index in [4.69, 9.17) is 19.7 Å². The molecule has 9 nitrogen and oxygen atoms in total. The molecule has 0 unspecified atom stereocenters. The molecule has 2 amide bonds.